The van der Waals surface area contributed by atoms with Gasteiger partial charge in [0, 0.05) is 16.6 Å². The maximum atomic E-state index is 12.6. The number of nitrogens with zero attached hydrogens (tertiary/aromatic N) is 1. The molecule has 0 amide bonds. The monoisotopic (exact) mass is 347 g/mol. The zero-order chi connectivity index (χ0) is 18.8. The Morgan fingerprint density at radius 3 is 2.42 bits per heavy atom. The molecule has 4 heteroatoms. The quantitative estimate of drug-likeness (QED) is 0.515. The van der Waals surface area contributed by atoms with Crippen LogP contribution in [0.1, 0.15) is 43.1 Å². The van der Waals surface area contributed by atoms with Gasteiger partial charge in [0.05, 0.1) is 11.1 Å². The molecule has 0 N–H and O–H groups in total. The number of para-hydroxylation sites is 1. The van der Waals surface area contributed by atoms with Crippen molar-refractivity contribution in [3.63, 3.8) is 0 Å². The average molecular weight is 347 g/mol. The normalized spacial score (nSPS) is 10.8. The van der Waals surface area contributed by atoms with Gasteiger partial charge in [-0.05, 0) is 56.5 Å². The van der Waals surface area contributed by atoms with Crippen LogP contribution in [0.3, 0.4) is 0 Å². The Morgan fingerprint density at radius 1 is 0.923 bits per heavy atom. The summed E-state index contributed by atoms with van der Waals surface area (Å²) in [7, 11) is 0. The van der Waals surface area contributed by atoms with Crippen LogP contribution in [-0.2, 0) is 4.74 Å². The SMILES string of the molecule is Cc1cc(C(=O)OCC(=O)c2ccc(C)c(C)c2)c2cccc(C)c2n1. The molecule has 1 heterocycles. The molecule has 3 rings (SSSR count). The van der Waals surface area contributed by atoms with Crippen molar-refractivity contribution in [1.29, 1.82) is 0 Å². The number of rotatable bonds is 4. The second kappa shape index (κ2) is 7.08. The van der Waals surface area contributed by atoms with E-state index in [-0.39, 0.29) is 12.4 Å². The van der Waals surface area contributed by atoms with Crippen molar-refractivity contribution in [3.05, 3.63) is 76.0 Å². The zero-order valence-electron chi connectivity index (χ0n) is 15.4. The molecule has 3 aromatic rings. The lowest BCUT2D eigenvalue weighted by Crippen LogP contribution is -2.15. The van der Waals surface area contributed by atoms with Gasteiger partial charge in [-0.15, -0.1) is 0 Å². The van der Waals surface area contributed by atoms with Crippen LogP contribution in [0.2, 0.25) is 0 Å². The highest BCUT2D eigenvalue weighted by molar-refractivity contribution is 6.05. The summed E-state index contributed by atoms with van der Waals surface area (Å²) in [5, 5.41) is 0.735. The lowest BCUT2D eigenvalue weighted by molar-refractivity contribution is 0.0476. The van der Waals surface area contributed by atoms with Crippen LogP contribution in [-0.4, -0.2) is 23.3 Å². The molecular formula is C22H21NO3. The van der Waals surface area contributed by atoms with E-state index in [1.165, 1.54) is 0 Å². The van der Waals surface area contributed by atoms with Crippen molar-refractivity contribution in [3.8, 4) is 0 Å². The number of pyridine rings is 1. The molecule has 0 bridgehead atoms. The Bertz CT molecular complexity index is 1020. The van der Waals surface area contributed by atoms with E-state index >= 15 is 0 Å². The third-order valence-electron chi connectivity index (χ3n) is 4.55. The number of aryl methyl sites for hydroxylation is 4. The first-order valence-electron chi connectivity index (χ1n) is 8.51. The molecule has 2 aromatic carbocycles. The van der Waals surface area contributed by atoms with E-state index in [2.05, 4.69) is 4.98 Å². The number of esters is 1. The van der Waals surface area contributed by atoms with Gasteiger partial charge in [0.25, 0.3) is 0 Å². The van der Waals surface area contributed by atoms with E-state index in [0.717, 1.165) is 33.3 Å². The van der Waals surface area contributed by atoms with Crippen molar-refractivity contribution in [1.82, 2.24) is 4.98 Å². The molecule has 0 atom stereocenters. The summed E-state index contributed by atoms with van der Waals surface area (Å²) in [5.74, 6) is -0.726. The van der Waals surface area contributed by atoms with Crippen molar-refractivity contribution in [2.45, 2.75) is 27.7 Å². The molecule has 4 nitrogen and oxygen atoms in total. The molecule has 0 aliphatic heterocycles. The number of hydrogen-bond acceptors (Lipinski definition) is 4. The fourth-order valence-electron chi connectivity index (χ4n) is 2.90. The Labute approximate surface area is 152 Å². The largest absolute Gasteiger partial charge is 0.454 e. The summed E-state index contributed by atoms with van der Waals surface area (Å²) in [6.45, 7) is 7.45. The second-order valence-corrected chi connectivity index (χ2v) is 6.58. The van der Waals surface area contributed by atoms with Gasteiger partial charge in [0.15, 0.2) is 12.4 Å². The molecule has 0 spiro atoms. The highest BCUT2D eigenvalue weighted by atomic mass is 16.5. The third kappa shape index (κ3) is 3.49. The topological polar surface area (TPSA) is 56.3 Å². The summed E-state index contributed by atoms with van der Waals surface area (Å²) in [5.41, 5.74) is 5.64. The van der Waals surface area contributed by atoms with E-state index in [4.69, 9.17) is 4.74 Å². The van der Waals surface area contributed by atoms with E-state index < -0.39 is 5.97 Å². The first-order valence-corrected chi connectivity index (χ1v) is 8.51. The van der Waals surface area contributed by atoms with Crippen molar-refractivity contribution in [2.75, 3.05) is 6.61 Å². The number of hydrogen-bond donors (Lipinski definition) is 0. The lowest BCUT2D eigenvalue weighted by Gasteiger charge is -2.10. The van der Waals surface area contributed by atoms with Crippen LogP contribution >= 0.6 is 0 Å². The van der Waals surface area contributed by atoms with Crippen LogP contribution in [0.15, 0.2) is 42.5 Å². The number of benzene rings is 2. The van der Waals surface area contributed by atoms with Crippen LogP contribution in [0.4, 0.5) is 0 Å². The average Bonchev–Trinajstić information content (AvgIpc) is 2.62. The van der Waals surface area contributed by atoms with E-state index in [1.807, 2.05) is 58.0 Å². The first-order chi connectivity index (χ1) is 12.4. The minimum atomic E-state index is -0.511. The second-order valence-electron chi connectivity index (χ2n) is 6.58. The molecule has 1 aromatic heterocycles. The summed E-state index contributed by atoms with van der Waals surface area (Å²) >= 11 is 0. The molecule has 0 saturated heterocycles. The molecule has 0 aliphatic carbocycles. The smallest absolute Gasteiger partial charge is 0.339 e. The molecule has 26 heavy (non-hydrogen) atoms. The summed E-state index contributed by atoms with van der Waals surface area (Å²) in [6, 6.07) is 12.8. The lowest BCUT2D eigenvalue weighted by atomic mass is 10.0. The van der Waals surface area contributed by atoms with Gasteiger partial charge in [-0.25, -0.2) is 4.79 Å². The minimum Gasteiger partial charge on any atom is -0.454 e. The third-order valence-corrected chi connectivity index (χ3v) is 4.55. The molecular weight excluding hydrogens is 326 g/mol. The number of fused-ring (bicyclic) bond motifs is 1. The number of carbonyl (C=O) groups excluding carboxylic acids is 2. The number of Topliss-reactive ketones (excluding diaryl/α,β-unsaturated/α-hetero) is 1. The van der Waals surface area contributed by atoms with Gasteiger partial charge in [-0.2, -0.15) is 0 Å². The Kier molecular flexibility index (Phi) is 4.85. The molecule has 0 radical (unpaired) electrons. The Morgan fingerprint density at radius 2 is 1.69 bits per heavy atom. The van der Waals surface area contributed by atoms with Gasteiger partial charge in [-0.1, -0.05) is 30.3 Å². The Balaban J connectivity index is 1.82. The zero-order valence-corrected chi connectivity index (χ0v) is 15.4. The van der Waals surface area contributed by atoms with Gasteiger partial charge >= 0.3 is 5.97 Å². The fourth-order valence-corrected chi connectivity index (χ4v) is 2.90. The number of ketones is 1. The predicted molar refractivity (Wildman–Crippen MR) is 102 cm³/mol. The van der Waals surface area contributed by atoms with Crippen LogP contribution in [0.5, 0.6) is 0 Å². The molecule has 0 unspecified atom stereocenters. The van der Waals surface area contributed by atoms with Gasteiger partial charge < -0.3 is 4.74 Å². The fraction of sp³-hybridized carbons (Fsp3) is 0.227. The summed E-state index contributed by atoms with van der Waals surface area (Å²) in [4.78, 5) is 29.4. The highest BCUT2D eigenvalue weighted by Crippen LogP contribution is 2.22. The highest BCUT2D eigenvalue weighted by Gasteiger charge is 2.16. The number of ether oxygens (including phenoxy) is 1. The van der Waals surface area contributed by atoms with Gasteiger partial charge in [-0.3, -0.25) is 9.78 Å². The number of aromatic nitrogens is 1. The van der Waals surface area contributed by atoms with E-state index in [1.54, 1.807) is 12.1 Å². The van der Waals surface area contributed by atoms with Crippen LogP contribution in [0, 0.1) is 27.7 Å². The first kappa shape index (κ1) is 17.8. The van der Waals surface area contributed by atoms with Gasteiger partial charge in [0.2, 0.25) is 0 Å². The Hall–Kier alpha value is -3.01. The number of carbonyl (C=O) groups is 2. The van der Waals surface area contributed by atoms with Crippen LogP contribution in [0.25, 0.3) is 10.9 Å². The van der Waals surface area contributed by atoms with Crippen molar-refractivity contribution in [2.24, 2.45) is 0 Å². The maximum absolute atomic E-state index is 12.6. The standard InChI is InChI=1S/C22H21NO3/c1-13-8-9-17(10-15(13)3)20(24)12-26-22(25)19-11-16(4)23-21-14(2)6-5-7-18(19)21/h5-11H,12H2,1-4H3. The predicted octanol–water partition coefficient (Wildman–Crippen LogP) is 4.51. The maximum Gasteiger partial charge on any atom is 0.339 e. The van der Waals surface area contributed by atoms with E-state index in [0.29, 0.717) is 11.1 Å². The molecule has 132 valence electrons. The summed E-state index contributed by atoms with van der Waals surface area (Å²) < 4.78 is 5.30. The minimum absolute atomic E-state index is 0.215. The van der Waals surface area contributed by atoms with E-state index in [9.17, 15) is 9.59 Å². The van der Waals surface area contributed by atoms with Crippen molar-refractivity contribution < 1.29 is 14.3 Å². The summed E-state index contributed by atoms with van der Waals surface area (Å²) in [6.07, 6.45) is 0. The molecule has 0 saturated carbocycles. The van der Waals surface area contributed by atoms with Gasteiger partial charge in [0.1, 0.15) is 0 Å². The molecule has 0 fully saturated rings. The molecule has 0 aliphatic rings. The van der Waals surface area contributed by atoms with Crippen LogP contribution < -0.4 is 0 Å². The van der Waals surface area contributed by atoms with Crippen molar-refractivity contribution >= 4 is 22.7 Å².